The number of ether oxygens (including phenoxy) is 1. The highest BCUT2D eigenvalue weighted by Crippen LogP contribution is 2.26. The summed E-state index contributed by atoms with van der Waals surface area (Å²) in [5, 5.41) is 0. The van der Waals surface area contributed by atoms with E-state index in [2.05, 4.69) is 30.7 Å². The van der Waals surface area contributed by atoms with Crippen LogP contribution in [0.25, 0.3) is 11.5 Å². The molecular weight excluding hydrogens is 300 g/mol. The second-order valence-electron chi connectivity index (χ2n) is 6.82. The van der Waals surface area contributed by atoms with Crippen molar-refractivity contribution in [1.82, 2.24) is 9.88 Å². The fourth-order valence-corrected chi connectivity index (χ4v) is 3.40. The van der Waals surface area contributed by atoms with Gasteiger partial charge >= 0.3 is 0 Å². The van der Waals surface area contributed by atoms with Gasteiger partial charge in [0.1, 0.15) is 12.0 Å². The molecule has 2 unspecified atom stereocenters. The van der Waals surface area contributed by atoms with Crippen LogP contribution in [-0.2, 0) is 6.54 Å². The molecule has 1 aromatic heterocycles. The number of hydrogen-bond donors (Lipinski definition) is 0. The van der Waals surface area contributed by atoms with Gasteiger partial charge in [-0.2, -0.15) is 0 Å². The lowest BCUT2D eigenvalue weighted by molar-refractivity contribution is 0.0938. The lowest BCUT2D eigenvalue weighted by atomic mass is 9.97. The van der Waals surface area contributed by atoms with Gasteiger partial charge < -0.3 is 9.15 Å². The molecule has 2 aromatic rings. The summed E-state index contributed by atoms with van der Waals surface area (Å²) in [5.74, 6) is 1.58. The molecule has 4 nitrogen and oxygen atoms in total. The predicted molar refractivity (Wildman–Crippen MR) is 96.0 cm³/mol. The van der Waals surface area contributed by atoms with Crippen molar-refractivity contribution in [1.29, 1.82) is 0 Å². The van der Waals surface area contributed by atoms with E-state index in [9.17, 15) is 0 Å². The summed E-state index contributed by atoms with van der Waals surface area (Å²) in [5.41, 5.74) is 2.00. The van der Waals surface area contributed by atoms with Crippen molar-refractivity contribution < 1.29 is 9.15 Å². The van der Waals surface area contributed by atoms with Gasteiger partial charge in [-0.05, 0) is 57.4 Å². The third-order valence-electron chi connectivity index (χ3n) is 4.85. The van der Waals surface area contributed by atoms with E-state index < -0.39 is 0 Å². The molecule has 2 heterocycles. The number of aromatic nitrogens is 1. The molecule has 1 aliphatic rings. The van der Waals surface area contributed by atoms with Gasteiger partial charge in [-0.25, -0.2) is 4.98 Å². The van der Waals surface area contributed by atoms with Gasteiger partial charge in [-0.3, -0.25) is 4.90 Å². The molecule has 0 saturated carbocycles. The summed E-state index contributed by atoms with van der Waals surface area (Å²) in [6.45, 7) is 8.34. The van der Waals surface area contributed by atoms with Crippen molar-refractivity contribution in [3.8, 4) is 17.2 Å². The number of rotatable bonds is 6. The lowest BCUT2D eigenvalue weighted by Gasteiger charge is -2.38. The Labute approximate surface area is 144 Å². The van der Waals surface area contributed by atoms with Gasteiger partial charge in [0.05, 0.1) is 12.3 Å². The lowest BCUT2D eigenvalue weighted by Crippen LogP contribution is -2.43. The van der Waals surface area contributed by atoms with E-state index in [0.29, 0.717) is 18.0 Å². The van der Waals surface area contributed by atoms with Crippen LogP contribution in [0.5, 0.6) is 5.75 Å². The van der Waals surface area contributed by atoms with E-state index >= 15 is 0 Å². The van der Waals surface area contributed by atoms with Crippen LogP contribution in [0.2, 0.25) is 0 Å². The first-order chi connectivity index (χ1) is 11.7. The molecule has 3 rings (SSSR count). The minimum Gasteiger partial charge on any atom is -0.494 e. The van der Waals surface area contributed by atoms with Crippen LogP contribution >= 0.6 is 0 Å². The Balaban J connectivity index is 1.66. The first-order valence-electron chi connectivity index (χ1n) is 9.10. The zero-order chi connectivity index (χ0) is 16.9. The first-order valence-corrected chi connectivity index (χ1v) is 9.10. The number of hydrogen-bond acceptors (Lipinski definition) is 4. The third-order valence-corrected chi connectivity index (χ3v) is 4.85. The highest BCUT2D eigenvalue weighted by molar-refractivity contribution is 5.54. The van der Waals surface area contributed by atoms with Crippen molar-refractivity contribution in [3.63, 3.8) is 0 Å². The molecule has 1 aliphatic heterocycles. The van der Waals surface area contributed by atoms with E-state index in [-0.39, 0.29) is 0 Å². The minimum absolute atomic E-state index is 0.615. The van der Waals surface area contributed by atoms with Crippen molar-refractivity contribution in [2.75, 3.05) is 6.61 Å². The fraction of sp³-hybridized carbons (Fsp3) is 0.550. The van der Waals surface area contributed by atoms with Crippen LogP contribution in [-0.4, -0.2) is 28.6 Å². The molecule has 0 radical (unpaired) electrons. The van der Waals surface area contributed by atoms with E-state index in [0.717, 1.165) is 36.6 Å². The van der Waals surface area contributed by atoms with E-state index in [4.69, 9.17) is 9.15 Å². The molecule has 24 heavy (non-hydrogen) atoms. The summed E-state index contributed by atoms with van der Waals surface area (Å²) in [7, 11) is 0. The molecule has 0 spiro atoms. The molecule has 2 atom stereocenters. The Kier molecular flexibility index (Phi) is 5.56. The highest BCUT2D eigenvalue weighted by Gasteiger charge is 2.25. The Morgan fingerprint density at radius 1 is 1.17 bits per heavy atom. The van der Waals surface area contributed by atoms with Gasteiger partial charge in [0, 0.05) is 24.2 Å². The SMILES string of the molecule is CCCOc1ccc(-c2nc(CN3C(C)CCCC3C)co2)cc1. The third kappa shape index (κ3) is 3.99. The maximum atomic E-state index is 5.71. The largest absolute Gasteiger partial charge is 0.494 e. The average Bonchev–Trinajstić information content (AvgIpc) is 3.05. The Morgan fingerprint density at radius 3 is 2.54 bits per heavy atom. The van der Waals surface area contributed by atoms with Gasteiger partial charge in [0.25, 0.3) is 0 Å². The molecule has 130 valence electrons. The van der Waals surface area contributed by atoms with Crippen LogP contribution in [0.1, 0.15) is 52.1 Å². The van der Waals surface area contributed by atoms with Gasteiger partial charge in [-0.15, -0.1) is 0 Å². The molecular formula is C20H28N2O2. The van der Waals surface area contributed by atoms with Crippen LogP contribution in [0, 0.1) is 0 Å². The number of piperidine rings is 1. The van der Waals surface area contributed by atoms with Crippen LogP contribution in [0.15, 0.2) is 34.9 Å². The maximum Gasteiger partial charge on any atom is 0.226 e. The monoisotopic (exact) mass is 328 g/mol. The van der Waals surface area contributed by atoms with Crippen molar-refractivity contribution >= 4 is 0 Å². The molecule has 0 bridgehead atoms. The van der Waals surface area contributed by atoms with Gasteiger partial charge in [-0.1, -0.05) is 13.3 Å². The fourth-order valence-electron chi connectivity index (χ4n) is 3.40. The standard InChI is InChI=1S/C20H28N2O2/c1-4-12-23-19-10-8-17(9-11-19)20-21-18(14-24-20)13-22-15(2)6-5-7-16(22)3/h8-11,14-16H,4-7,12-13H2,1-3H3. The van der Waals surface area contributed by atoms with Crippen LogP contribution < -0.4 is 4.74 Å². The second-order valence-corrected chi connectivity index (χ2v) is 6.82. The predicted octanol–water partition coefficient (Wildman–Crippen LogP) is 4.89. The summed E-state index contributed by atoms with van der Waals surface area (Å²) >= 11 is 0. The number of oxazole rings is 1. The van der Waals surface area contributed by atoms with E-state index in [1.165, 1.54) is 19.3 Å². The topological polar surface area (TPSA) is 38.5 Å². The second kappa shape index (κ2) is 7.84. The maximum absolute atomic E-state index is 5.71. The molecule has 0 N–H and O–H groups in total. The summed E-state index contributed by atoms with van der Waals surface area (Å²) in [4.78, 5) is 7.22. The van der Waals surface area contributed by atoms with Gasteiger partial charge in [0.2, 0.25) is 5.89 Å². The zero-order valence-corrected chi connectivity index (χ0v) is 15.0. The smallest absolute Gasteiger partial charge is 0.226 e. The quantitative estimate of drug-likeness (QED) is 0.756. The molecule has 1 saturated heterocycles. The molecule has 4 heteroatoms. The number of nitrogens with zero attached hydrogens (tertiary/aromatic N) is 2. The zero-order valence-electron chi connectivity index (χ0n) is 15.0. The molecule has 1 fully saturated rings. The van der Waals surface area contributed by atoms with Crippen molar-refractivity contribution in [2.45, 2.75) is 65.1 Å². The minimum atomic E-state index is 0.615. The molecule has 0 aliphatic carbocycles. The normalized spacial score (nSPS) is 21.8. The van der Waals surface area contributed by atoms with Crippen LogP contribution in [0.4, 0.5) is 0 Å². The first kappa shape index (κ1) is 17.0. The molecule has 1 aromatic carbocycles. The number of benzene rings is 1. The summed E-state index contributed by atoms with van der Waals surface area (Å²) < 4.78 is 11.3. The Hall–Kier alpha value is -1.81. The van der Waals surface area contributed by atoms with Crippen molar-refractivity contribution in [3.05, 3.63) is 36.2 Å². The summed E-state index contributed by atoms with van der Waals surface area (Å²) in [6.07, 6.45) is 6.68. The Morgan fingerprint density at radius 2 is 1.88 bits per heavy atom. The van der Waals surface area contributed by atoms with Gasteiger partial charge in [0.15, 0.2) is 0 Å². The Bertz CT molecular complexity index is 625. The number of likely N-dealkylation sites (tertiary alicyclic amines) is 1. The van der Waals surface area contributed by atoms with E-state index in [1.807, 2.05) is 24.3 Å². The summed E-state index contributed by atoms with van der Waals surface area (Å²) in [6, 6.07) is 9.19. The highest BCUT2D eigenvalue weighted by atomic mass is 16.5. The average molecular weight is 328 g/mol. The van der Waals surface area contributed by atoms with E-state index in [1.54, 1.807) is 6.26 Å². The van der Waals surface area contributed by atoms with Crippen molar-refractivity contribution in [2.24, 2.45) is 0 Å². The van der Waals surface area contributed by atoms with Crippen LogP contribution in [0.3, 0.4) is 0 Å². The molecule has 0 amide bonds.